The van der Waals surface area contributed by atoms with E-state index in [0.29, 0.717) is 11.7 Å². The minimum atomic E-state index is -0.253. The molecule has 0 nitrogen and oxygen atoms in total. The van der Waals surface area contributed by atoms with Gasteiger partial charge in [0.2, 0.25) is 0 Å². The highest BCUT2D eigenvalue weighted by Crippen LogP contribution is 2.21. The van der Waals surface area contributed by atoms with E-state index in [0.717, 1.165) is 4.90 Å². The summed E-state index contributed by atoms with van der Waals surface area (Å²) in [5.41, 5.74) is 1.34. The van der Waals surface area contributed by atoms with Crippen molar-refractivity contribution in [3.63, 3.8) is 0 Å². The Labute approximate surface area is 83.5 Å². The fraction of sp³-hybridized carbons (Fsp3) is 0.455. The van der Waals surface area contributed by atoms with Crippen molar-refractivity contribution in [2.24, 2.45) is 0 Å². The molecule has 0 aliphatic carbocycles. The van der Waals surface area contributed by atoms with Crippen molar-refractivity contribution in [2.75, 3.05) is 12.4 Å². The number of hydrogen-bond acceptors (Lipinski definition) is 1. The van der Waals surface area contributed by atoms with Crippen LogP contribution in [0.25, 0.3) is 0 Å². The number of benzene rings is 1. The molecule has 0 aromatic heterocycles. The van der Waals surface area contributed by atoms with Crippen molar-refractivity contribution in [2.45, 2.75) is 24.7 Å². The molecule has 1 aromatic carbocycles. The second-order valence-corrected chi connectivity index (χ2v) is 4.43. The molecule has 1 aromatic rings. The van der Waals surface area contributed by atoms with E-state index < -0.39 is 0 Å². The summed E-state index contributed by atoms with van der Waals surface area (Å²) in [5, 5.41) is 0. The highest BCUT2D eigenvalue weighted by molar-refractivity contribution is 7.99. The summed E-state index contributed by atoms with van der Waals surface area (Å²) < 4.78 is 11.9. The van der Waals surface area contributed by atoms with E-state index in [1.54, 1.807) is 11.8 Å². The quantitative estimate of drug-likeness (QED) is 0.662. The second kappa shape index (κ2) is 5.28. The zero-order valence-electron chi connectivity index (χ0n) is 8.09. The largest absolute Gasteiger partial charge is 0.250 e. The van der Waals surface area contributed by atoms with E-state index in [2.05, 4.69) is 38.1 Å². The van der Waals surface area contributed by atoms with E-state index in [-0.39, 0.29) is 6.67 Å². The summed E-state index contributed by atoms with van der Waals surface area (Å²) in [5.74, 6) is 1.13. The first kappa shape index (κ1) is 10.6. The van der Waals surface area contributed by atoms with E-state index in [4.69, 9.17) is 0 Å². The number of hydrogen-bond donors (Lipinski definition) is 0. The van der Waals surface area contributed by atoms with E-state index in [9.17, 15) is 4.39 Å². The fourth-order valence-electron chi connectivity index (χ4n) is 1.11. The Morgan fingerprint density at radius 3 is 2.31 bits per heavy atom. The molecular weight excluding hydrogens is 183 g/mol. The third-order valence-corrected chi connectivity index (χ3v) is 2.86. The molecule has 0 bridgehead atoms. The van der Waals surface area contributed by atoms with Crippen LogP contribution in [0.4, 0.5) is 4.39 Å². The Balaban J connectivity index is 2.59. The first-order chi connectivity index (χ1) is 6.24. The highest BCUT2D eigenvalue weighted by Gasteiger charge is 1.98. The van der Waals surface area contributed by atoms with Crippen LogP contribution in [-0.4, -0.2) is 12.4 Å². The Bertz CT molecular complexity index is 241. The van der Waals surface area contributed by atoms with Crippen LogP contribution in [0.3, 0.4) is 0 Å². The average molecular weight is 198 g/mol. The van der Waals surface area contributed by atoms with Gasteiger partial charge in [0.15, 0.2) is 0 Å². The van der Waals surface area contributed by atoms with E-state index in [1.807, 2.05) is 0 Å². The molecule has 0 N–H and O–H groups in total. The molecule has 0 amide bonds. The summed E-state index contributed by atoms with van der Waals surface area (Å²) in [6.07, 6.45) is 0. The normalized spacial score (nSPS) is 10.8. The minimum absolute atomic E-state index is 0.253. The van der Waals surface area contributed by atoms with Gasteiger partial charge in [0, 0.05) is 10.6 Å². The second-order valence-electron chi connectivity index (χ2n) is 3.26. The van der Waals surface area contributed by atoms with Crippen LogP contribution < -0.4 is 0 Å². The van der Waals surface area contributed by atoms with Crippen LogP contribution in [0.2, 0.25) is 0 Å². The van der Waals surface area contributed by atoms with Crippen LogP contribution in [0, 0.1) is 0 Å². The molecule has 0 fully saturated rings. The molecular formula is C11H15FS. The van der Waals surface area contributed by atoms with Gasteiger partial charge >= 0.3 is 0 Å². The van der Waals surface area contributed by atoms with Crippen LogP contribution >= 0.6 is 11.8 Å². The Kier molecular flexibility index (Phi) is 4.29. The average Bonchev–Trinajstić information content (AvgIpc) is 2.15. The third kappa shape index (κ3) is 3.39. The third-order valence-electron chi connectivity index (χ3n) is 1.89. The topological polar surface area (TPSA) is 0 Å². The van der Waals surface area contributed by atoms with Gasteiger partial charge < -0.3 is 0 Å². The van der Waals surface area contributed by atoms with Gasteiger partial charge in [-0.3, -0.25) is 4.39 Å². The van der Waals surface area contributed by atoms with Crippen LogP contribution in [-0.2, 0) is 0 Å². The maximum atomic E-state index is 11.9. The molecule has 0 saturated heterocycles. The molecule has 0 spiro atoms. The van der Waals surface area contributed by atoms with E-state index >= 15 is 0 Å². The molecule has 13 heavy (non-hydrogen) atoms. The monoisotopic (exact) mass is 198 g/mol. The van der Waals surface area contributed by atoms with Gasteiger partial charge in [-0.1, -0.05) is 26.0 Å². The summed E-state index contributed by atoms with van der Waals surface area (Å²) in [6.45, 7) is 4.09. The molecule has 1 rings (SSSR count). The number of rotatable bonds is 4. The van der Waals surface area contributed by atoms with Gasteiger partial charge in [0.05, 0.1) is 6.67 Å². The van der Waals surface area contributed by atoms with Gasteiger partial charge in [0.1, 0.15) is 0 Å². The molecule has 0 radical (unpaired) electrons. The smallest absolute Gasteiger partial charge is 0.0988 e. The standard InChI is InChI=1S/C11H15FS/c1-9(2)10-3-5-11(6-4-10)13-8-7-12/h3-6,9H,7-8H2,1-2H3. The van der Waals surface area contributed by atoms with Gasteiger partial charge in [-0.25, -0.2) is 0 Å². The molecule has 0 aliphatic heterocycles. The fourth-order valence-corrected chi connectivity index (χ4v) is 1.75. The summed E-state index contributed by atoms with van der Waals surface area (Å²) in [4.78, 5) is 1.15. The lowest BCUT2D eigenvalue weighted by Crippen LogP contribution is -1.86. The van der Waals surface area contributed by atoms with Crippen LogP contribution in [0.15, 0.2) is 29.2 Å². The predicted molar refractivity (Wildman–Crippen MR) is 57.2 cm³/mol. The molecule has 72 valence electrons. The molecule has 0 saturated carbocycles. The Hall–Kier alpha value is -0.500. The zero-order chi connectivity index (χ0) is 9.68. The van der Waals surface area contributed by atoms with Crippen molar-refractivity contribution in [3.8, 4) is 0 Å². The minimum Gasteiger partial charge on any atom is -0.250 e. The van der Waals surface area contributed by atoms with Crippen molar-refractivity contribution >= 4 is 11.8 Å². The van der Waals surface area contributed by atoms with Crippen molar-refractivity contribution in [1.29, 1.82) is 0 Å². The summed E-state index contributed by atoms with van der Waals surface area (Å²) in [6, 6.07) is 8.36. The number of thioether (sulfide) groups is 1. The molecule has 0 unspecified atom stereocenters. The SMILES string of the molecule is CC(C)c1ccc(SCCF)cc1. The molecule has 0 heterocycles. The lowest BCUT2D eigenvalue weighted by molar-refractivity contribution is 0.533. The first-order valence-corrected chi connectivity index (χ1v) is 5.51. The Morgan fingerprint density at radius 2 is 1.85 bits per heavy atom. The highest BCUT2D eigenvalue weighted by atomic mass is 32.2. The predicted octanol–water partition coefficient (Wildman–Crippen LogP) is 3.87. The lowest BCUT2D eigenvalue weighted by Gasteiger charge is -2.05. The zero-order valence-corrected chi connectivity index (χ0v) is 8.90. The van der Waals surface area contributed by atoms with Crippen molar-refractivity contribution in [1.82, 2.24) is 0 Å². The maximum Gasteiger partial charge on any atom is 0.0988 e. The van der Waals surface area contributed by atoms with Crippen molar-refractivity contribution < 1.29 is 4.39 Å². The van der Waals surface area contributed by atoms with Gasteiger partial charge in [-0.05, 0) is 23.6 Å². The summed E-state index contributed by atoms with van der Waals surface area (Å²) in [7, 11) is 0. The summed E-state index contributed by atoms with van der Waals surface area (Å²) >= 11 is 1.57. The maximum absolute atomic E-state index is 11.9. The van der Waals surface area contributed by atoms with Gasteiger partial charge in [0.25, 0.3) is 0 Å². The molecule has 0 aliphatic rings. The first-order valence-electron chi connectivity index (χ1n) is 4.52. The van der Waals surface area contributed by atoms with Gasteiger partial charge in [-0.15, -0.1) is 11.8 Å². The van der Waals surface area contributed by atoms with Crippen molar-refractivity contribution in [3.05, 3.63) is 29.8 Å². The number of alkyl halides is 1. The van der Waals surface area contributed by atoms with Crippen LogP contribution in [0.5, 0.6) is 0 Å². The Morgan fingerprint density at radius 1 is 1.23 bits per heavy atom. The van der Waals surface area contributed by atoms with Gasteiger partial charge in [-0.2, -0.15) is 0 Å². The number of halogens is 1. The van der Waals surface area contributed by atoms with Crippen LogP contribution in [0.1, 0.15) is 25.3 Å². The molecule has 2 heteroatoms. The lowest BCUT2D eigenvalue weighted by atomic mass is 10.0. The molecule has 0 atom stereocenters. The van der Waals surface area contributed by atoms with E-state index in [1.165, 1.54) is 5.56 Å².